The van der Waals surface area contributed by atoms with Crippen molar-refractivity contribution in [3.8, 4) is 0 Å². The molecular weight excluding hydrogens is 108 g/mol. The van der Waals surface area contributed by atoms with Crippen LogP contribution in [0.5, 0.6) is 0 Å². The highest BCUT2D eigenvalue weighted by Crippen LogP contribution is 2.31. The van der Waals surface area contributed by atoms with E-state index in [9.17, 15) is 0 Å². The fourth-order valence-electron chi connectivity index (χ4n) is 1.66. The van der Waals surface area contributed by atoms with Gasteiger partial charge in [-0.1, -0.05) is 39.0 Å². The van der Waals surface area contributed by atoms with Crippen molar-refractivity contribution in [2.24, 2.45) is 11.8 Å². The van der Waals surface area contributed by atoms with E-state index in [1.54, 1.807) is 0 Å². The molecule has 0 heterocycles. The summed E-state index contributed by atoms with van der Waals surface area (Å²) >= 11 is 0. The molecule has 0 spiro atoms. The summed E-state index contributed by atoms with van der Waals surface area (Å²) in [6, 6.07) is 0. The Bertz CT molecular complexity index is 70.1. The summed E-state index contributed by atoms with van der Waals surface area (Å²) in [4.78, 5) is 0. The smallest absolute Gasteiger partial charge is 0.0386 e. The van der Waals surface area contributed by atoms with Crippen LogP contribution in [0.1, 0.15) is 32.1 Å². The van der Waals surface area contributed by atoms with Gasteiger partial charge in [0.15, 0.2) is 0 Å². The lowest BCUT2D eigenvalue weighted by molar-refractivity contribution is 0.404. The van der Waals surface area contributed by atoms with Crippen molar-refractivity contribution in [1.82, 2.24) is 0 Å². The molecule has 0 saturated heterocycles. The Morgan fingerprint density at radius 3 is 2.33 bits per heavy atom. The average Bonchev–Trinajstić information content (AvgIpc) is 2.37. The molecule has 1 saturated carbocycles. The Labute approximate surface area is 58.7 Å². The summed E-state index contributed by atoms with van der Waals surface area (Å²) < 4.78 is 0. The quantitative estimate of drug-likeness (QED) is 0.531. The Kier molecular flexibility index (Phi) is 2.56. The molecule has 2 radical (unpaired) electrons. The Morgan fingerprint density at radius 2 is 1.89 bits per heavy atom. The lowest BCUT2D eigenvalue weighted by Crippen LogP contribution is -2.05. The van der Waals surface area contributed by atoms with Gasteiger partial charge in [-0.25, -0.2) is 0 Å². The topological polar surface area (TPSA) is 0 Å². The maximum Gasteiger partial charge on any atom is -0.0386 e. The van der Waals surface area contributed by atoms with Crippen LogP contribution in [0.25, 0.3) is 0 Å². The molecule has 0 aromatic carbocycles. The van der Waals surface area contributed by atoms with Crippen molar-refractivity contribution in [2.75, 3.05) is 0 Å². The van der Waals surface area contributed by atoms with Crippen molar-refractivity contribution in [3.05, 3.63) is 13.8 Å². The van der Waals surface area contributed by atoms with Crippen LogP contribution in [-0.4, -0.2) is 0 Å². The van der Waals surface area contributed by atoms with E-state index in [-0.39, 0.29) is 0 Å². The summed E-state index contributed by atoms with van der Waals surface area (Å²) in [6.07, 6.45) is 6.69. The Morgan fingerprint density at radius 1 is 1.33 bits per heavy atom. The van der Waals surface area contributed by atoms with Crippen LogP contribution in [0.3, 0.4) is 0 Å². The molecule has 9 heavy (non-hydrogen) atoms. The molecule has 52 valence electrons. The first-order valence-electron chi connectivity index (χ1n) is 3.97. The lowest BCUT2D eigenvalue weighted by atomic mass is 9.91. The first-order valence-corrected chi connectivity index (χ1v) is 3.97. The third-order valence-electron chi connectivity index (χ3n) is 2.44. The van der Waals surface area contributed by atoms with Crippen LogP contribution < -0.4 is 0 Å². The zero-order valence-electron chi connectivity index (χ0n) is 6.10. The van der Waals surface area contributed by atoms with E-state index in [1.165, 1.54) is 25.7 Å². The van der Waals surface area contributed by atoms with E-state index in [2.05, 4.69) is 13.8 Å². The van der Waals surface area contributed by atoms with E-state index in [0.717, 1.165) is 12.3 Å². The van der Waals surface area contributed by atoms with Gasteiger partial charge >= 0.3 is 0 Å². The van der Waals surface area contributed by atoms with E-state index in [1.807, 2.05) is 0 Å². The Hall–Kier alpha value is 0. The van der Waals surface area contributed by atoms with Crippen LogP contribution in [0.2, 0.25) is 0 Å². The predicted molar refractivity (Wildman–Crippen MR) is 40.8 cm³/mol. The number of rotatable bonds is 2. The highest BCUT2D eigenvalue weighted by atomic mass is 14.2. The minimum Gasteiger partial charge on any atom is -0.0530 e. The largest absolute Gasteiger partial charge is 0.0530 e. The van der Waals surface area contributed by atoms with Crippen LogP contribution in [0, 0.1) is 25.7 Å². The zero-order chi connectivity index (χ0) is 6.69. The van der Waals surface area contributed by atoms with Crippen LogP contribution in [0.15, 0.2) is 0 Å². The Balaban J connectivity index is 2.24. The highest BCUT2D eigenvalue weighted by Gasteiger charge is 2.19. The lowest BCUT2D eigenvalue weighted by Gasteiger charge is -2.15. The van der Waals surface area contributed by atoms with E-state index in [0.29, 0.717) is 5.92 Å². The summed E-state index contributed by atoms with van der Waals surface area (Å²) in [5, 5.41) is 0. The van der Waals surface area contributed by atoms with Crippen molar-refractivity contribution >= 4 is 0 Å². The van der Waals surface area contributed by atoms with E-state index >= 15 is 0 Å². The van der Waals surface area contributed by atoms with Crippen molar-refractivity contribution in [2.45, 2.75) is 32.1 Å². The predicted octanol–water partition coefficient (Wildman–Crippen LogP) is 2.85. The van der Waals surface area contributed by atoms with E-state index in [4.69, 9.17) is 0 Å². The van der Waals surface area contributed by atoms with Gasteiger partial charge in [0.1, 0.15) is 0 Å². The van der Waals surface area contributed by atoms with Gasteiger partial charge in [0.2, 0.25) is 0 Å². The van der Waals surface area contributed by atoms with Crippen molar-refractivity contribution in [1.29, 1.82) is 0 Å². The summed E-state index contributed by atoms with van der Waals surface area (Å²) in [5.74, 6) is 1.54. The second-order valence-corrected chi connectivity index (χ2v) is 3.09. The third-order valence-corrected chi connectivity index (χ3v) is 2.44. The molecule has 1 atom stereocenters. The molecule has 0 N–H and O–H groups in total. The molecule has 0 aliphatic heterocycles. The summed E-state index contributed by atoms with van der Waals surface area (Å²) in [5.41, 5.74) is 0. The van der Waals surface area contributed by atoms with Gasteiger partial charge in [0.05, 0.1) is 0 Å². The van der Waals surface area contributed by atoms with Gasteiger partial charge in [0, 0.05) is 0 Å². The highest BCUT2D eigenvalue weighted by molar-refractivity contribution is 4.77. The molecule has 1 rings (SSSR count). The average molecular weight is 124 g/mol. The minimum absolute atomic E-state index is 0.632. The van der Waals surface area contributed by atoms with Gasteiger partial charge in [-0.05, 0) is 18.8 Å². The molecule has 0 nitrogen and oxygen atoms in total. The first kappa shape index (κ1) is 7.11. The van der Waals surface area contributed by atoms with E-state index < -0.39 is 0 Å². The van der Waals surface area contributed by atoms with Gasteiger partial charge in [0.25, 0.3) is 0 Å². The fourth-order valence-corrected chi connectivity index (χ4v) is 1.66. The molecule has 1 fully saturated rings. The SMILES string of the molecule is [CH2]CC([CH2])C1CCCC1. The minimum atomic E-state index is 0.632. The first-order chi connectivity index (χ1) is 4.34. The van der Waals surface area contributed by atoms with Gasteiger partial charge in [-0.3, -0.25) is 0 Å². The third kappa shape index (κ3) is 1.70. The van der Waals surface area contributed by atoms with Crippen LogP contribution in [-0.2, 0) is 0 Å². The van der Waals surface area contributed by atoms with Crippen LogP contribution in [0.4, 0.5) is 0 Å². The second kappa shape index (κ2) is 3.24. The second-order valence-electron chi connectivity index (χ2n) is 3.09. The summed E-state index contributed by atoms with van der Waals surface area (Å²) in [7, 11) is 0. The standard InChI is InChI=1S/C9H16/c1-3-8(2)9-6-4-5-7-9/h8-9H,1-7H2. The normalized spacial score (nSPS) is 24.7. The molecular formula is C9H16. The molecule has 0 aromatic rings. The molecule has 0 bridgehead atoms. The number of hydrogen-bond donors (Lipinski definition) is 0. The monoisotopic (exact) mass is 124 g/mol. The summed E-state index contributed by atoms with van der Waals surface area (Å²) in [6.45, 7) is 7.94. The van der Waals surface area contributed by atoms with Gasteiger partial charge in [-0.2, -0.15) is 0 Å². The number of hydrogen-bond acceptors (Lipinski definition) is 0. The molecule has 0 aromatic heterocycles. The van der Waals surface area contributed by atoms with Gasteiger partial charge < -0.3 is 0 Å². The molecule has 1 unspecified atom stereocenters. The fraction of sp³-hybridized carbons (Fsp3) is 0.778. The zero-order valence-corrected chi connectivity index (χ0v) is 6.10. The molecule has 1 aliphatic carbocycles. The van der Waals surface area contributed by atoms with Crippen molar-refractivity contribution in [3.63, 3.8) is 0 Å². The van der Waals surface area contributed by atoms with Crippen molar-refractivity contribution < 1.29 is 0 Å². The maximum absolute atomic E-state index is 4.08. The molecule has 1 aliphatic rings. The maximum atomic E-state index is 4.08. The van der Waals surface area contributed by atoms with Gasteiger partial charge in [-0.15, -0.1) is 0 Å². The molecule has 0 heteroatoms. The molecule has 0 amide bonds. The van der Waals surface area contributed by atoms with Crippen LogP contribution >= 0.6 is 0 Å².